The van der Waals surface area contributed by atoms with Crippen molar-refractivity contribution in [2.24, 2.45) is 0 Å². The number of benzene rings is 2. The highest BCUT2D eigenvalue weighted by Crippen LogP contribution is 2.44. The van der Waals surface area contributed by atoms with Crippen molar-refractivity contribution in [3.8, 4) is 22.6 Å². The summed E-state index contributed by atoms with van der Waals surface area (Å²) in [5.41, 5.74) is 7.63. The number of phenolic OH excluding ortho intramolecular Hbond substituents is 2. The molecule has 30 heavy (non-hydrogen) atoms. The monoisotopic (exact) mass is 410 g/mol. The van der Waals surface area contributed by atoms with Crippen LogP contribution in [0.1, 0.15) is 114 Å². The Bertz CT molecular complexity index is 752. The maximum absolute atomic E-state index is 10.5. The van der Waals surface area contributed by atoms with Gasteiger partial charge in [-0.15, -0.1) is 0 Å². The lowest BCUT2D eigenvalue weighted by molar-refractivity contribution is 0.471. The third-order valence-corrected chi connectivity index (χ3v) is 6.61. The molecule has 0 amide bonds. The van der Waals surface area contributed by atoms with E-state index in [1.54, 1.807) is 0 Å². The van der Waals surface area contributed by atoms with E-state index in [0.717, 1.165) is 51.4 Å². The number of aryl methyl sites for hydroxylation is 2. The third kappa shape index (κ3) is 5.59. The molecular formula is C28H42O2. The second-order valence-electron chi connectivity index (χ2n) is 8.96. The molecule has 2 unspecified atom stereocenters. The normalized spacial score (nSPS) is 13.4. The number of hydrogen-bond donors (Lipinski definition) is 2. The zero-order chi connectivity index (χ0) is 22.3. The molecule has 0 bridgehead atoms. The molecule has 2 atom stereocenters. The van der Waals surface area contributed by atoms with Gasteiger partial charge in [0.25, 0.3) is 0 Å². The summed E-state index contributed by atoms with van der Waals surface area (Å²) < 4.78 is 0. The van der Waals surface area contributed by atoms with Crippen LogP contribution in [0.5, 0.6) is 11.5 Å². The molecule has 0 aliphatic heterocycles. The van der Waals surface area contributed by atoms with Gasteiger partial charge in [0.15, 0.2) is 0 Å². The molecule has 0 fully saturated rings. The molecule has 2 N–H and O–H groups in total. The minimum Gasteiger partial charge on any atom is -0.508 e. The highest BCUT2D eigenvalue weighted by Gasteiger charge is 2.23. The SMILES string of the molecule is CCCCc1cc(O)cc(C(C)CC)c1-c1c(CCCC)cc(O)cc1C(C)CC. The molecule has 166 valence electrons. The highest BCUT2D eigenvalue weighted by molar-refractivity contribution is 5.80. The molecule has 0 saturated heterocycles. The summed E-state index contributed by atoms with van der Waals surface area (Å²) in [6.45, 7) is 13.4. The quantitative estimate of drug-likeness (QED) is 0.390. The number of phenols is 2. The van der Waals surface area contributed by atoms with E-state index in [1.807, 2.05) is 24.3 Å². The van der Waals surface area contributed by atoms with Crippen molar-refractivity contribution in [2.45, 2.75) is 105 Å². The average Bonchev–Trinajstić information content (AvgIpc) is 2.74. The summed E-state index contributed by atoms with van der Waals surface area (Å²) in [5, 5.41) is 21.1. The molecule has 2 nitrogen and oxygen atoms in total. The van der Waals surface area contributed by atoms with Crippen molar-refractivity contribution < 1.29 is 10.2 Å². The van der Waals surface area contributed by atoms with Crippen molar-refractivity contribution in [1.29, 1.82) is 0 Å². The van der Waals surface area contributed by atoms with Gasteiger partial charge in [0.1, 0.15) is 11.5 Å². The number of rotatable bonds is 11. The number of aromatic hydroxyl groups is 2. The predicted octanol–water partition coefficient (Wildman–Crippen LogP) is 8.48. The van der Waals surface area contributed by atoms with Crippen molar-refractivity contribution in [2.75, 3.05) is 0 Å². The molecule has 2 aromatic carbocycles. The number of hydrogen-bond acceptors (Lipinski definition) is 2. The Balaban J connectivity index is 2.91. The molecule has 0 radical (unpaired) electrons. The van der Waals surface area contributed by atoms with Crippen LogP contribution >= 0.6 is 0 Å². The topological polar surface area (TPSA) is 40.5 Å². The van der Waals surface area contributed by atoms with Crippen molar-refractivity contribution >= 4 is 0 Å². The summed E-state index contributed by atoms with van der Waals surface area (Å²) in [4.78, 5) is 0. The van der Waals surface area contributed by atoms with E-state index in [2.05, 4.69) is 41.5 Å². The Hall–Kier alpha value is -1.96. The predicted molar refractivity (Wildman–Crippen MR) is 130 cm³/mol. The first-order chi connectivity index (χ1) is 14.4. The lowest BCUT2D eigenvalue weighted by atomic mass is 9.78. The minimum absolute atomic E-state index is 0.366. The van der Waals surface area contributed by atoms with Gasteiger partial charge in [-0.25, -0.2) is 0 Å². The molecule has 2 aromatic rings. The van der Waals surface area contributed by atoms with E-state index >= 15 is 0 Å². The fourth-order valence-corrected chi connectivity index (χ4v) is 4.37. The summed E-state index contributed by atoms with van der Waals surface area (Å²) >= 11 is 0. The number of unbranched alkanes of at least 4 members (excludes halogenated alkanes) is 2. The third-order valence-electron chi connectivity index (χ3n) is 6.61. The van der Waals surface area contributed by atoms with Gasteiger partial charge in [0.05, 0.1) is 0 Å². The van der Waals surface area contributed by atoms with Gasteiger partial charge < -0.3 is 10.2 Å². The Labute approximate surface area is 184 Å². The summed E-state index contributed by atoms with van der Waals surface area (Å²) in [5.74, 6) is 1.48. The second kappa shape index (κ2) is 11.4. The summed E-state index contributed by atoms with van der Waals surface area (Å²) in [6, 6.07) is 7.92. The van der Waals surface area contributed by atoms with E-state index in [1.165, 1.54) is 33.4 Å². The van der Waals surface area contributed by atoms with Crippen molar-refractivity contribution in [3.05, 3.63) is 46.5 Å². The Morgan fingerprint density at radius 3 is 1.30 bits per heavy atom. The van der Waals surface area contributed by atoms with Crippen LogP contribution in [-0.4, -0.2) is 10.2 Å². The van der Waals surface area contributed by atoms with Gasteiger partial charge >= 0.3 is 0 Å². The first kappa shape index (κ1) is 24.3. The maximum atomic E-state index is 10.5. The average molecular weight is 411 g/mol. The van der Waals surface area contributed by atoms with E-state index in [9.17, 15) is 10.2 Å². The second-order valence-corrected chi connectivity index (χ2v) is 8.96. The molecular weight excluding hydrogens is 368 g/mol. The van der Waals surface area contributed by atoms with Crippen LogP contribution in [0.4, 0.5) is 0 Å². The van der Waals surface area contributed by atoms with Gasteiger partial charge in [-0.2, -0.15) is 0 Å². The van der Waals surface area contributed by atoms with Gasteiger partial charge in [0, 0.05) is 0 Å². The first-order valence-electron chi connectivity index (χ1n) is 12.1. The fourth-order valence-electron chi connectivity index (χ4n) is 4.37. The molecule has 0 saturated carbocycles. The van der Waals surface area contributed by atoms with E-state index in [0.29, 0.717) is 23.3 Å². The van der Waals surface area contributed by atoms with Crippen molar-refractivity contribution in [1.82, 2.24) is 0 Å². The standard InChI is InChI=1S/C28H42O2/c1-7-11-13-21-15-23(29)17-25(19(5)9-3)27(21)28-22(14-12-8-2)16-24(30)18-26(28)20(6)10-4/h15-20,29-30H,7-14H2,1-6H3. The Kier molecular flexibility index (Phi) is 9.27. The molecule has 0 spiro atoms. The van der Waals surface area contributed by atoms with E-state index < -0.39 is 0 Å². The van der Waals surface area contributed by atoms with Crippen molar-refractivity contribution in [3.63, 3.8) is 0 Å². The molecule has 0 aliphatic carbocycles. The Morgan fingerprint density at radius 2 is 1.00 bits per heavy atom. The molecule has 2 rings (SSSR count). The van der Waals surface area contributed by atoms with Gasteiger partial charge in [0.2, 0.25) is 0 Å². The lowest BCUT2D eigenvalue weighted by Gasteiger charge is -2.26. The van der Waals surface area contributed by atoms with Crippen LogP contribution in [-0.2, 0) is 12.8 Å². The van der Waals surface area contributed by atoms with Gasteiger partial charge in [-0.3, -0.25) is 0 Å². The first-order valence-corrected chi connectivity index (χ1v) is 12.1. The molecule has 2 heteroatoms. The maximum Gasteiger partial charge on any atom is 0.116 e. The zero-order valence-corrected chi connectivity index (χ0v) is 20.0. The molecule has 0 aliphatic rings. The van der Waals surface area contributed by atoms with Crippen LogP contribution in [0.3, 0.4) is 0 Å². The van der Waals surface area contributed by atoms with Crippen LogP contribution < -0.4 is 0 Å². The smallest absolute Gasteiger partial charge is 0.116 e. The van der Waals surface area contributed by atoms with E-state index in [-0.39, 0.29) is 0 Å². The Morgan fingerprint density at radius 1 is 0.633 bits per heavy atom. The van der Waals surface area contributed by atoms with E-state index in [4.69, 9.17) is 0 Å². The summed E-state index contributed by atoms with van der Waals surface area (Å²) in [6.07, 6.45) is 8.48. The minimum atomic E-state index is 0.366. The zero-order valence-electron chi connectivity index (χ0n) is 20.0. The van der Waals surface area contributed by atoms with Gasteiger partial charge in [-0.1, -0.05) is 54.4 Å². The lowest BCUT2D eigenvalue weighted by Crippen LogP contribution is -2.07. The van der Waals surface area contributed by atoms with Gasteiger partial charge in [-0.05, 0) is 108 Å². The fraction of sp³-hybridized carbons (Fsp3) is 0.571. The highest BCUT2D eigenvalue weighted by atomic mass is 16.3. The van der Waals surface area contributed by atoms with Crippen LogP contribution in [0.2, 0.25) is 0 Å². The van der Waals surface area contributed by atoms with Crippen LogP contribution in [0, 0.1) is 0 Å². The summed E-state index contributed by atoms with van der Waals surface area (Å²) in [7, 11) is 0. The van der Waals surface area contributed by atoms with Crippen LogP contribution in [0.15, 0.2) is 24.3 Å². The molecule has 0 heterocycles. The largest absolute Gasteiger partial charge is 0.508 e. The van der Waals surface area contributed by atoms with Crippen LogP contribution in [0.25, 0.3) is 11.1 Å². The molecule has 0 aromatic heterocycles.